The molecule has 116 valence electrons. The van der Waals surface area contributed by atoms with Crippen LogP contribution in [0, 0.1) is 5.92 Å². The number of hydrogen-bond donors (Lipinski definition) is 1. The molecule has 6 nitrogen and oxygen atoms in total. The van der Waals surface area contributed by atoms with Crippen molar-refractivity contribution in [1.82, 2.24) is 0 Å². The molecule has 1 saturated carbocycles. The Balaban J connectivity index is 2.81. The highest BCUT2D eigenvalue weighted by molar-refractivity contribution is 7.32. The van der Waals surface area contributed by atoms with E-state index in [-0.39, 0.29) is 5.92 Å². The van der Waals surface area contributed by atoms with Crippen LogP contribution in [0.25, 0.3) is 0 Å². The fraction of sp³-hybridized carbons (Fsp3) is 0.917. The van der Waals surface area contributed by atoms with Gasteiger partial charge in [-0.1, -0.05) is 19.3 Å². The Bertz CT molecular complexity index is 341. The van der Waals surface area contributed by atoms with Crippen molar-refractivity contribution in [3.05, 3.63) is 0 Å². The van der Waals surface area contributed by atoms with Crippen LogP contribution in [0.15, 0.2) is 0 Å². The van der Waals surface area contributed by atoms with Gasteiger partial charge in [0, 0.05) is 24.7 Å². The maximum Gasteiger partial charge on any atom is 0.695 e. The molecular formula is C12H21FO6P+. The summed E-state index contributed by atoms with van der Waals surface area (Å²) < 4.78 is 39.6. The highest BCUT2D eigenvalue weighted by Crippen LogP contribution is 2.39. The third-order valence-corrected chi connectivity index (χ3v) is 4.12. The van der Waals surface area contributed by atoms with Crippen LogP contribution in [0.1, 0.15) is 32.1 Å². The highest BCUT2D eigenvalue weighted by atomic mass is 31.1. The molecule has 20 heavy (non-hydrogen) atoms. The number of methoxy groups -OCH3 is 2. The van der Waals surface area contributed by atoms with Crippen molar-refractivity contribution in [2.75, 3.05) is 20.8 Å². The first-order chi connectivity index (χ1) is 9.47. The van der Waals surface area contributed by atoms with E-state index in [9.17, 15) is 13.8 Å². The molecule has 0 aromatic carbocycles. The molecule has 0 saturated heterocycles. The summed E-state index contributed by atoms with van der Waals surface area (Å²) in [6.45, 7) is -0.784. The van der Waals surface area contributed by atoms with Gasteiger partial charge in [-0.15, -0.1) is 9.42 Å². The number of ether oxygens (including phenoxy) is 2. The first-order valence-electron chi connectivity index (χ1n) is 6.54. The molecule has 0 aromatic rings. The molecule has 0 aromatic heterocycles. The van der Waals surface area contributed by atoms with Crippen LogP contribution < -0.4 is 0 Å². The Hall–Kier alpha value is -0.460. The van der Waals surface area contributed by atoms with Crippen molar-refractivity contribution in [3.63, 3.8) is 0 Å². The van der Waals surface area contributed by atoms with Gasteiger partial charge in [-0.05, 0) is 12.8 Å². The third kappa shape index (κ3) is 4.02. The minimum absolute atomic E-state index is 0.229. The Morgan fingerprint density at radius 1 is 1.35 bits per heavy atom. The highest BCUT2D eigenvalue weighted by Gasteiger charge is 2.51. The van der Waals surface area contributed by atoms with E-state index in [0.29, 0.717) is 12.8 Å². The first kappa shape index (κ1) is 17.6. The van der Waals surface area contributed by atoms with Crippen molar-refractivity contribution in [2.45, 2.75) is 44.1 Å². The second kappa shape index (κ2) is 8.10. The molecule has 0 spiro atoms. The molecule has 1 rings (SSSR count). The van der Waals surface area contributed by atoms with E-state index in [1.54, 1.807) is 0 Å². The Kier molecular flexibility index (Phi) is 7.12. The van der Waals surface area contributed by atoms with Crippen molar-refractivity contribution in [1.29, 1.82) is 0 Å². The van der Waals surface area contributed by atoms with E-state index in [1.165, 1.54) is 14.2 Å². The SMILES string of the molecule is COC(OC)(C1CCCCC1)C(F)C(=O)CO[P+](=O)O. The van der Waals surface area contributed by atoms with Crippen LogP contribution in [-0.4, -0.2) is 43.5 Å². The summed E-state index contributed by atoms with van der Waals surface area (Å²) in [6.07, 6.45) is 2.29. The monoisotopic (exact) mass is 311 g/mol. The summed E-state index contributed by atoms with van der Waals surface area (Å²) in [7, 11) is -0.342. The fourth-order valence-electron chi connectivity index (χ4n) is 2.75. The van der Waals surface area contributed by atoms with Crippen molar-refractivity contribution < 1.29 is 32.6 Å². The van der Waals surface area contributed by atoms with E-state index in [1.807, 2.05) is 0 Å². The van der Waals surface area contributed by atoms with Gasteiger partial charge in [0.25, 0.3) is 0 Å². The number of Topliss-reactive ketones (excluding diaryl/α,β-unsaturated/α-hetero) is 1. The fourth-order valence-corrected chi connectivity index (χ4v) is 2.99. The molecule has 1 N–H and O–H groups in total. The van der Waals surface area contributed by atoms with Crippen molar-refractivity contribution in [2.24, 2.45) is 5.92 Å². The van der Waals surface area contributed by atoms with E-state index in [4.69, 9.17) is 14.4 Å². The van der Waals surface area contributed by atoms with Crippen LogP contribution in [0.4, 0.5) is 4.39 Å². The van der Waals surface area contributed by atoms with Gasteiger partial charge in [-0.3, -0.25) is 4.79 Å². The van der Waals surface area contributed by atoms with Crippen molar-refractivity contribution in [3.8, 4) is 0 Å². The zero-order valence-corrected chi connectivity index (χ0v) is 12.6. The molecule has 0 radical (unpaired) electrons. The maximum absolute atomic E-state index is 14.5. The molecule has 0 heterocycles. The maximum atomic E-state index is 14.5. The number of ketones is 1. The van der Waals surface area contributed by atoms with E-state index >= 15 is 0 Å². The number of rotatable bonds is 8. The minimum Gasteiger partial charge on any atom is -0.350 e. The van der Waals surface area contributed by atoms with Gasteiger partial charge in [0.2, 0.25) is 17.7 Å². The van der Waals surface area contributed by atoms with Crippen LogP contribution in [0.3, 0.4) is 0 Å². The number of hydrogen-bond acceptors (Lipinski definition) is 5. The van der Waals surface area contributed by atoms with E-state index < -0.39 is 32.6 Å². The summed E-state index contributed by atoms with van der Waals surface area (Å²) in [5, 5.41) is 0. The Labute approximate surface area is 118 Å². The van der Waals surface area contributed by atoms with Gasteiger partial charge in [0.05, 0.1) is 0 Å². The van der Waals surface area contributed by atoms with Gasteiger partial charge in [-0.25, -0.2) is 4.39 Å². The van der Waals surface area contributed by atoms with Crippen LogP contribution in [-0.2, 0) is 23.4 Å². The molecule has 1 fully saturated rings. The smallest absolute Gasteiger partial charge is 0.350 e. The van der Waals surface area contributed by atoms with Gasteiger partial charge < -0.3 is 9.47 Å². The number of alkyl halides is 1. The lowest BCUT2D eigenvalue weighted by molar-refractivity contribution is -0.272. The third-order valence-electron chi connectivity index (χ3n) is 3.77. The molecule has 0 aliphatic heterocycles. The summed E-state index contributed by atoms with van der Waals surface area (Å²) in [5.74, 6) is -2.84. The standard InChI is InChI=1S/C12H20FO6P/c1-17-12(18-2,9-6-4-3-5-7-9)11(13)10(14)8-19-20(15)16/h9,11H,3-8H2,1-2H3/p+1. The summed E-state index contributed by atoms with van der Waals surface area (Å²) in [6, 6.07) is 0. The lowest BCUT2D eigenvalue weighted by atomic mass is 9.80. The molecule has 1 aliphatic carbocycles. The van der Waals surface area contributed by atoms with Gasteiger partial charge in [0.15, 0.2) is 6.61 Å². The average molecular weight is 311 g/mol. The molecule has 8 heteroatoms. The number of carbonyl (C=O) groups excluding carboxylic acids is 1. The van der Waals surface area contributed by atoms with Gasteiger partial charge in [0.1, 0.15) is 0 Å². The van der Waals surface area contributed by atoms with Gasteiger partial charge in [-0.2, -0.15) is 0 Å². The molecule has 1 aliphatic rings. The molecule has 0 amide bonds. The molecule has 2 unspecified atom stereocenters. The summed E-state index contributed by atoms with van der Waals surface area (Å²) in [5.41, 5.74) is 0. The van der Waals surface area contributed by atoms with Crippen molar-refractivity contribution >= 4 is 14.0 Å². The lowest BCUT2D eigenvalue weighted by Gasteiger charge is -2.41. The Morgan fingerprint density at radius 2 is 1.90 bits per heavy atom. The van der Waals surface area contributed by atoms with E-state index in [2.05, 4.69) is 4.52 Å². The summed E-state index contributed by atoms with van der Waals surface area (Å²) in [4.78, 5) is 20.3. The normalized spacial score (nSPS) is 19.7. The second-order valence-electron chi connectivity index (χ2n) is 4.80. The lowest BCUT2D eigenvalue weighted by Crippen LogP contribution is -2.54. The van der Waals surface area contributed by atoms with E-state index in [0.717, 1.165) is 19.3 Å². The zero-order chi connectivity index (χ0) is 15.2. The first-order valence-corrected chi connectivity index (χ1v) is 7.67. The van der Waals surface area contributed by atoms with Crippen LogP contribution >= 0.6 is 8.25 Å². The predicted molar refractivity (Wildman–Crippen MR) is 69.0 cm³/mol. The average Bonchev–Trinajstić information content (AvgIpc) is 2.47. The summed E-state index contributed by atoms with van der Waals surface area (Å²) >= 11 is 0. The van der Waals surface area contributed by atoms with Gasteiger partial charge >= 0.3 is 8.25 Å². The second-order valence-corrected chi connectivity index (χ2v) is 5.54. The largest absolute Gasteiger partial charge is 0.695 e. The number of halogens is 1. The minimum atomic E-state index is -2.94. The Morgan fingerprint density at radius 3 is 2.35 bits per heavy atom. The molecule has 2 atom stereocenters. The van der Waals surface area contributed by atoms with Crippen LogP contribution in [0.5, 0.6) is 0 Å². The molecular weight excluding hydrogens is 290 g/mol. The predicted octanol–water partition coefficient (Wildman–Crippen LogP) is 2.13. The number of carbonyl (C=O) groups is 1. The van der Waals surface area contributed by atoms with Crippen LogP contribution in [0.2, 0.25) is 0 Å². The quantitative estimate of drug-likeness (QED) is 0.546. The zero-order valence-electron chi connectivity index (χ0n) is 11.7. The topological polar surface area (TPSA) is 82.1 Å². The molecule has 0 bridgehead atoms.